The van der Waals surface area contributed by atoms with E-state index in [9.17, 15) is 19.5 Å². The van der Waals surface area contributed by atoms with E-state index in [-0.39, 0.29) is 5.92 Å². The minimum atomic E-state index is -1.48. The standard InChI is InChI=1S/C13H25N3O6/c1-4-6(2)9(15-11(19)8(14)5-17)12(20)16-10(7(3)18)13(21)22/h6-10,17-18H,4-5,14H2,1-3H3,(H,15,19)(H,16,20)(H,21,22)/t6-,7-,8-,9-,10+/m0/s1. The van der Waals surface area contributed by atoms with Gasteiger partial charge in [-0.25, -0.2) is 4.79 Å². The lowest BCUT2D eigenvalue weighted by atomic mass is 9.97. The molecule has 2 amide bonds. The predicted molar refractivity (Wildman–Crippen MR) is 77.7 cm³/mol. The Bertz CT molecular complexity index is 401. The molecule has 0 aliphatic heterocycles. The monoisotopic (exact) mass is 319 g/mol. The summed E-state index contributed by atoms with van der Waals surface area (Å²) in [5, 5.41) is 31.8. The van der Waals surface area contributed by atoms with Gasteiger partial charge in [-0.2, -0.15) is 0 Å². The molecule has 0 heterocycles. The van der Waals surface area contributed by atoms with Crippen molar-refractivity contribution >= 4 is 17.8 Å². The lowest BCUT2D eigenvalue weighted by Gasteiger charge is -2.27. The van der Waals surface area contributed by atoms with Gasteiger partial charge in [0.2, 0.25) is 11.8 Å². The average Bonchev–Trinajstić information content (AvgIpc) is 2.47. The van der Waals surface area contributed by atoms with Crippen LogP contribution in [0.1, 0.15) is 27.2 Å². The van der Waals surface area contributed by atoms with E-state index in [1.807, 2.05) is 0 Å². The maximum atomic E-state index is 12.2. The number of carbonyl (C=O) groups is 3. The predicted octanol–water partition coefficient (Wildman–Crippen LogP) is -2.21. The Morgan fingerprint density at radius 2 is 1.59 bits per heavy atom. The number of hydrogen-bond donors (Lipinski definition) is 6. The third-order valence-electron chi connectivity index (χ3n) is 3.37. The third-order valence-corrected chi connectivity index (χ3v) is 3.37. The molecule has 0 saturated carbocycles. The summed E-state index contributed by atoms with van der Waals surface area (Å²) in [5.41, 5.74) is 5.38. The Morgan fingerprint density at radius 1 is 1.09 bits per heavy atom. The number of nitrogens with one attached hydrogen (secondary N) is 2. The highest BCUT2D eigenvalue weighted by atomic mass is 16.4. The zero-order valence-corrected chi connectivity index (χ0v) is 12.9. The third kappa shape index (κ3) is 5.96. The Labute approximate surface area is 128 Å². The van der Waals surface area contributed by atoms with Gasteiger partial charge in [0.15, 0.2) is 6.04 Å². The SMILES string of the molecule is CC[C@H](C)[C@H](NC(=O)[C@@H](N)CO)C(=O)N[C@@H](C(=O)O)[C@H](C)O. The van der Waals surface area contributed by atoms with Gasteiger partial charge in [-0.3, -0.25) is 9.59 Å². The summed E-state index contributed by atoms with van der Waals surface area (Å²) in [6.07, 6.45) is -0.756. The number of aliphatic carboxylic acids is 1. The first-order valence-electron chi connectivity index (χ1n) is 7.03. The molecule has 22 heavy (non-hydrogen) atoms. The highest BCUT2D eigenvalue weighted by Gasteiger charge is 2.32. The van der Waals surface area contributed by atoms with E-state index in [2.05, 4.69) is 10.6 Å². The molecule has 0 aromatic heterocycles. The number of carbonyl (C=O) groups excluding carboxylic acids is 2. The van der Waals surface area contributed by atoms with E-state index in [1.165, 1.54) is 6.92 Å². The van der Waals surface area contributed by atoms with Gasteiger partial charge < -0.3 is 31.7 Å². The fraction of sp³-hybridized carbons (Fsp3) is 0.769. The number of hydrogen-bond acceptors (Lipinski definition) is 6. The summed E-state index contributed by atoms with van der Waals surface area (Å²) in [5.74, 6) is -3.13. The van der Waals surface area contributed by atoms with Crippen molar-refractivity contribution in [2.24, 2.45) is 11.7 Å². The first kappa shape index (κ1) is 20.3. The molecule has 0 fully saturated rings. The molecule has 0 bridgehead atoms. The van der Waals surface area contributed by atoms with Crippen LogP contribution < -0.4 is 16.4 Å². The zero-order chi connectivity index (χ0) is 17.4. The van der Waals surface area contributed by atoms with E-state index in [4.69, 9.17) is 15.9 Å². The van der Waals surface area contributed by atoms with Crippen LogP contribution in [0.4, 0.5) is 0 Å². The second-order valence-electron chi connectivity index (χ2n) is 5.23. The number of nitrogens with two attached hydrogens (primary N) is 1. The normalized spacial score (nSPS) is 17.7. The number of carboxylic acids is 1. The molecular weight excluding hydrogens is 294 g/mol. The van der Waals surface area contributed by atoms with Crippen LogP contribution in [-0.4, -0.2) is 63.9 Å². The topological polar surface area (TPSA) is 162 Å². The first-order chi connectivity index (χ1) is 10.1. The van der Waals surface area contributed by atoms with Crippen LogP contribution in [0.5, 0.6) is 0 Å². The Balaban J connectivity index is 5.06. The lowest BCUT2D eigenvalue weighted by Crippen LogP contribution is -2.58. The van der Waals surface area contributed by atoms with E-state index in [1.54, 1.807) is 13.8 Å². The van der Waals surface area contributed by atoms with Gasteiger partial charge in [0.1, 0.15) is 12.1 Å². The number of carboxylic acid groups (broad SMARTS) is 1. The van der Waals surface area contributed by atoms with Crippen LogP contribution in [0, 0.1) is 5.92 Å². The molecule has 9 nitrogen and oxygen atoms in total. The maximum Gasteiger partial charge on any atom is 0.328 e. The number of aliphatic hydroxyl groups excluding tert-OH is 2. The van der Waals surface area contributed by atoms with Crippen LogP contribution in [0.25, 0.3) is 0 Å². The van der Waals surface area contributed by atoms with Crippen molar-refractivity contribution in [3.8, 4) is 0 Å². The van der Waals surface area contributed by atoms with Gasteiger partial charge >= 0.3 is 5.97 Å². The molecular formula is C13H25N3O6. The summed E-state index contributed by atoms with van der Waals surface area (Å²) in [6.45, 7) is 4.16. The molecule has 9 heteroatoms. The quantitative estimate of drug-likeness (QED) is 0.280. The molecule has 0 saturated heterocycles. The highest BCUT2D eigenvalue weighted by Crippen LogP contribution is 2.09. The second kappa shape index (κ2) is 9.34. The fourth-order valence-corrected chi connectivity index (χ4v) is 1.68. The molecule has 7 N–H and O–H groups in total. The molecule has 0 spiro atoms. The minimum Gasteiger partial charge on any atom is -0.480 e. The van der Waals surface area contributed by atoms with Crippen molar-refractivity contribution in [1.82, 2.24) is 10.6 Å². The fourth-order valence-electron chi connectivity index (χ4n) is 1.68. The van der Waals surface area contributed by atoms with Crippen LogP contribution in [0.15, 0.2) is 0 Å². The van der Waals surface area contributed by atoms with Crippen molar-refractivity contribution in [3.63, 3.8) is 0 Å². The van der Waals surface area contributed by atoms with Crippen molar-refractivity contribution in [1.29, 1.82) is 0 Å². The molecule has 128 valence electrons. The van der Waals surface area contributed by atoms with Gasteiger partial charge in [0.25, 0.3) is 0 Å². The Kier molecular flexibility index (Phi) is 8.61. The van der Waals surface area contributed by atoms with Crippen LogP contribution in [-0.2, 0) is 14.4 Å². The summed E-state index contributed by atoms with van der Waals surface area (Å²) in [6, 6.07) is -3.68. The van der Waals surface area contributed by atoms with E-state index < -0.39 is 48.6 Å². The summed E-state index contributed by atoms with van der Waals surface area (Å²) in [4.78, 5) is 34.9. The number of rotatable bonds is 9. The molecule has 0 aliphatic rings. The smallest absolute Gasteiger partial charge is 0.328 e. The number of amides is 2. The van der Waals surface area contributed by atoms with Gasteiger partial charge in [-0.1, -0.05) is 20.3 Å². The van der Waals surface area contributed by atoms with Crippen molar-refractivity contribution in [2.75, 3.05) is 6.61 Å². The summed E-state index contributed by atoms with van der Waals surface area (Å²) >= 11 is 0. The maximum absolute atomic E-state index is 12.2. The van der Waals surface area contributed by atoms with Crippen molar-refractivity contribution in [2.45, 2.75) is 51.4 Å². The summed E-state index contributed by atoms with van der Waals surface area (Å²) in [7, 11) is 0. The Hall–Kier alpha value is -1.71. The largest absolute Gasteiger partial charge is 0.480 e. The van der Waals surface area contributed by atoms with Crippen molar-refractivity contribution in [3.05, 3.63) is 0 Å². The van der Waals surface area contributed by atoms with E-state index in [0.29, 0.717) is 6.42 Å². The second-order valence-corrected chi connectivity index (χ2v) is 5.23. The van der Waals surface area contributed by atoms with Crippen LogP contribution >= 0.6 is 0 Å². The highest BCUT2D eigenvalue weighted by molar-refractivity contribution is 5.92. The van der Waals surface area contributed by atoms with Crippen LogP contribution in [0.3, 0.4) is 0 Å². The molecule has 5 atom stereocenters. The Morgan fingerprint density at radius 3 is 1.95 bits per heavy atom. The molecule has 0 radical (unpaired) electrons. The molecule has 0 rings (SSSR count). The van der Waals surface area contributed by atoms with Crippen LogP contribution in [0.2, 0.25) is 0 Å². The zero-order valence-electron chi connectivity index (χ0n) is 12.9. The first-order valence-corrected chi connectivity index (χ1v) is 7.03. The molecule has 0 aromatic rings. The molecule has 0 unspecified atom stereocenters. The van der Waals surface area contributed by atoms with Gasteiger partial charge in [-0.05, 0) is 12.8 Å². The lowest BCUT2D eigenvalue weighted by molar-refractivity contribution is -0.145. The number of aliphatic hydroxyl groups is 2. The summed E-state index contributed by atoms with van der Waals surface area (Å²) < 4.78 is 0. The average molecular weight is 319 g/mol. The van der Waals surface area contributed by atoms with Gasteiger partial charge in [-0.15, -0.1) is 0 Å². The molecule has 0 aliphatic carbocycles. The van der Waals surface area contributed by atoms with E-state index in [0.717, 1.165) is 0 Å². The van der Waals surface area contributed by atoms with Crippen molar-refractivity contribution < 1.29 is 29.7 Å². The van der Waals surface area contributed by atoms with Gasteiger partial charge in [0.05, 0.1) is 12.7 Å². The molecule has 0 aromatic carbocycles. The minimum absolute atomic E-state index is 0.293. The van der Waals surface area contributed by atoms with E-state index >= 15 is 0 Å². The van der Waals surface area contributed by atoms with Gasteiger partial charge in [0, 0.05) is 0 Å².